The van der Waals surface area contributed by atoms with Crippen molar-refractivity contribution < 1.29 is 14.3 Å². The molecule has 136 valence electrons. The third-order valence-corrected chi connectivity index (χ3v) is 3.44. The van der Waals surface area contributed by atoms with Crippen LogP contribution in [0.5, 0.6) is 11.6 Å². The highest BCUT2D eigenvalue weighted by atomic mass is 16.6. The van der Waals surface area contributed by atoms with Crippen LogP contribution in [-0.2, 0) is 11.2 Å². The number of hydrogen-bond donors (Lipinski definition) is 2. The number of aromatic nitrogens is 3. The van der Waals surface area contributed by atoms with E-state index in [1.165, 1.54) is 0 Å². The number of alkyl carbamates (subject to hydrolysis) is 1. The molecule has 0 radical (unpaired) electrons. The largest absolute Gasteiger partial charge is 0.444 e. The summed E-state index contributed by atoms with van der Waals surface area (Å²) in [5.74, 6) is 1.75. The average Bonchev–Trinajstić information content (AvgIpc) is 3.01. The van der Waals surface area contributed by atoms with Gasteiger partial charge < -0.3 is 19.8 Å². The van der Waals surface area contributed by atoms with Gasteiger partial charge in [0.25, 0.3) is 0 Å². The monoisotopic (exact) mass is 354 g/mol. The summed E-state index contributed by atoms with van der Waals surface area (Å²) in [4.78, 5) is 23.4. The number of amides is 1. The van der Waals surface area contributed by atoms with Crippen molar-refractivity contribution in [2.24, 2.45) is 0 Å². The molecule has 26 heavy (non-hydrogen) atoms. The minimum atomic E-state index is -0.519. The van der Waals surface area contributed by atoms with Gasteiger partial charge in [0, 0.05) is 42.3 Å². The van der Waals surface area contributed by atoms with Gasteiger partial charge in [-0.15, -0.1) is 0 Å². The molecule has 0 spiro atoms. The lowest BCUT2D eigenvalue weighted by Gasteiger charge is -2.19. The molecule has 0 aliphatic rings. The predicted molar refractivity (Wildman–Crippen MR) is 98.3 cm³/mol. The molecular formula is C19H22N4O3. The molecule has 0 fully saturated rings. The second-order valence-corrected chi connectivity index (χ2v) is 6.82. The number of carbonyl (C=O) groups excluding carboxylic acids is 1. The van der Waals surface area contributed by atoms with Gasteiger partial charge in [-0.2, -0.15) is 4.98 Å². The number of aromatic amines is 1. The van der Waals surface area contributed by atoms with Crippen molar-refractivity contribution in [1.29, 1.82) is 0 Å². The molecule has 0 aliphatic heterocycles. The van der Waals surface area contributed by atoms with Crippen molar-refractivity contribution in [3.8, 4) is 11.6 Å². The third kappa shape index (κ3) is 4.95. The normalized spacial score (nSPS) is 11.3. The lowest BCUT2D eigenvalue weighted by atomic mass is 10.2. The van der Waals surface area contributed by atoms with Gasteiger partial charge in [-0.1, -0.05) is 0 Å². The Kier molecular flexibility index (Phi) is 5.06. The van der Waals surface area contributed by atoms with Gasteiger partial charge in [-0.25, -0.2) is 9.78 Å². The van der Waals surface area contributed by atoms with E-state index >= 15 is 0 Å². The van der Waals surface area contributed by atoms with E-state index in [4.69, 9.17) is 9.47 Å². The number of hydrogen-bond acceptors (Lipinski definition) is 5. The van der Waals surface area contributed by atoms with Crippen LogP contribution in [0.4, 0.5) is 4.79 Å². The summed E-state index contributed by atoms with van der Waals surface area (Å²) in [6.45, 7) is 5.84. The van der Waals surface area contributed by atoms with Crippen LogP contribution in [0.15, 0.2) is 42.7 Å². The fraction of sp³-hybridized carbons (Fsp3) is 0.316. The Hall–Kier alpha value is -3.09. The van der Waals surface area contributed by atoms with E-state index in [0.717, 1.165) is 10.9 Å². The highest BCUT2D eigenvalue weighted by Crippen LogP contribution is 2.23. The fourth-order valence-corrected chi connectivity index (χ4v) is 2.36. The highest BCUT2D eigenvalue weighted by Gasteiger charge is 2.15. The summed E-state index contributed by atoms with van der Waals surface area (Å²) in [6.07, 6.45) is 3.55. The molecule has 1 aromatic carbocycles. The number of benzene rings is 1. The van der Waals surface area contributed by atoms with E-state index in [9.17, 15) is 4.79 Å². The summed E-state index contributed by atoms with van der Waals surface area (Å²) in [7, 11) is 0. The minimum absolute atomic E-state index is 0.383. The van der Waals surface area contributed by atoms with Crippen molar-refractivity contribution >= 4 is 17.0 Å². The van der Waals surface area contributed by atoms with Gasteiger partial charge >= 0.3 is 6.09 Å². The third-order valence-electron chi connectivity index (χ3n) is 3.44. The number of rotatable bonds is 5. The van der Waals surface area contributed by atoms with Crippen LogP contribution in [0.25, 0.3) is 10.9 Å². The second kappa shape index (κ2) is 7.43. The Labute approximate surface area is 151 Å². The van der Waals surface area contributed by atoms with Gasteiger partial charge in [0.15, 0.2) is 0 Å². The van der Waals surface area contributed by atoms with Gasteiger partial charge in [0.2, 0.25) is 5.88 Å². The molecule has 0 unspecified atom stereocenters. The lowest BCUT2D eigenvalue weighted by molar-refractivity contribution is 0.0528. The smallest absolute Gasteiger partial charge is 0.407 e. The van der Waals surface area contributed by atoms with E-state index in [0.29, 0.717) is 30.4 Å². The molecule has 3 aromatic rings. The first-order valence-electron chi connectivity index (χ1n) is 8.43. The van der Waals surface area contributed by atoms with Crippen molar-refractivity contribution in [1.82, 2.24) is 20.3 Å². The van der Waals surface area contributed by atoms with Crippen LogP contribution in [-0.4, -0.2) is 33.2 Å². The number of nitrogens with one attached hydrogen (secondary N) is 2. The molecule has 0 atom stereocenters. The molecule has 0 saturated carbocycles. The zero-order chi connectivity index (χ0) is 18.6. The zero-order valence-corrected chi connectivity index (χ0v) is 15.1. The number of ether oxygens (including phenoxy) is 2. The van der Waals surface area contributed by atoms with Crippen LogP contribution < -0.4 is 10.1 Å². The minimum Gasteiger partial charge on any atom is -0.444 e. The topological polar surface area (TPSA) is 89.1 Å². The standard InChI is InChI=1S/C19H22N4O3/c1-19(2,3)26-18(24)22-10-7-16-21-11-8-17(23-16)25-14-4-5-15-13(12-14)6-9-20-15/h4-6,8-9,11-12,20H,7,10H2,1-3H3,(H,22,24). The van der Waals surface area contributed by atoms with E-state index in [2.05, 4.69) is 20.3 Å². The van der Waals surface area contributed by atoms with Crippen LogP contribution in [0, 0.1) is 0 Å². The molecule has 0 saturated heterocycles. The molecule has 0 aliphatic carbocycles. The summed E-state index contributed by atoms with van der Waals surface area (Å²) in [6, 6.07) is 9.46. The van der Waals surface area contributed by atoms with Gasteiger partial charge in [0.05, 0.1) is 0 Å². The highest BCUT2D eigenvalue weighted by molar-refractivity contribution is 5.80. The predicted octanol–water partition coefficient (Wildman–Crippen LogP) is 3.82. The molecule has 1 amide bonds. The maximum absolute atomic E-state index is 11.6. The number of carbonyl (C=O) groups is 1. The Balaban J connectivity index is 1.57. The Bertz CT molecular complexity index is 899. The first kappa shape index (κ1) is 17.7. The Morgan fingerprint density at radius 3 is 2.88 bits per heavy atom. The molecule has 0 bridgehead atoms. The number of fused-ring (bicyclic) bond motifs is 1. The summed E-state index contributed by atoms with van der Waals surface area (Å²) in [5, 5.41) is 3.76. The maximum Gasteiger partial charge on any atom is 0.407 e. The van der Waals surface area contributed by atoms with E-state index in [1.54, 1.807) is 12.3 Å². The van der Waals surface area contributed by atoms with E-state index < -0.39 is 11.7 Å². The van der Waals surface area contributed by atoms with E-state index in [1.807, 2.05) is 51.2 Å². The first-order chi connectivity index (χ1) is 12.4. The maximum atomic E-state index is 11.6. The Morgan fingerprint density at radius 1 is 1.23 bits per heavy atom. The quantitative estimate of drug-likeness (QED) is 0.727. The summed E-state index contributed by atoms with van der Waals surface area (Å²) in [5.41, 5.74) is 0.531. The molecule has 3 rings (SSSR count). The van der Waals surface area contributed by atoms with E-state index in [-0.39, 0.29) is 0 Å². The van der Waals surface area contributed by atoms with Crippen LogP contribution in [0.2, 0.25) is 0 Å². The van der Waals surface area contributed by atoms with Crippen LogP contribution >= 0.6 is 0 Å². The van der Waals surface area contributed by atoms with Crippen molar-refractivity contribution in [3.05, 3.63) is 48.5 Å². The van der Waals surface area contributed by atoms with Crippen molar-refractivity contribution in [2.75, 3.05) is 6.54 Å². The van der Waals surface area contributed by atoms with Gasteiger partial charge in [-0.05, 0) is 45.0 Å². The van der Waals surface area contributed by atoms with Crippen molar-refractivity contribution in [3.63, 3.8) is 0 Å². The fourth-order valence-electron chi connectivity index (χ4n) is 2.36. The Morgan fingerprint density at radius 2 is 2.08 bits per heavy atom. The number of H-pyrrole nitrogens is 1. The number of nitrogens with zero attached hydrogens (tertiary/aromatic N) is 2. The van der Waals surface area contributed by atoms with Crippen LogP contribution in [0.3, 0.4) is 0 Å². The van der Waals surface area contributed by atoms with Gasteiger partial charge in [-0.3, -0.25) is 0 Å². The van der Waals surface area contributed by atoms with Crippen LogP contribution in [0.1, 0.15) is 26.6 Å². The molecule has 7 nitrogen and oxygen atoms in total. The van der Waals surface area contributed by atoms with Gasteiger partial charge in [0.1, 0.15) is 17.2 Å². The first-order valence-corrected chi connectivity index (χ1v) is 8.43. The molecule has 2 N–H and O–H groups in total. The summed E-state index contributed by atoms with van der Waals surface area (Å²) >= 11 is 0. The molecule has 2 heterocycles. The second-order valence-electron chi connectivity index (χ2n) is 6.82. The zero-order valence-electron chi connectivity index (χ0n) is 15.1. The molecule has 7 heteroatoms. The molecular weight excluding hydrogens is 332 g/mol. The molecule has 2 aromatic heterocycles. The summed E-state index contributed by atoms with van der Waals surface area (Å²) < 4.78 is 11.0. The average molecular weight is 354 g/mol. The SMILES string of the molecule is CC(C)(C)OC(=O)NCCc1nccc(Oc2ccc3[nH]ccc3c2)n1. The van der Waals surface area contributed by atoms with Crippen molar-refractivity contribution in [2.45, 2.75) is 32.8 Å². The lowest BCUT2D eigenvalue weighted by Crippen LogP contribution is -2.33.